The minimum Gasteiger partial charge on any atom is -0.493 e. The smallest absolute Gasteiger partial charge is 0.225 e. The van der Waals surface area contributed by atoms with E-state index in [2.05, 4.69) is 32.9 Å². The monoisotopic (exact) mass is 407 g/mol. The largest absolute Gasteiger partial charge is 0.493 e. The first-order valence-corrected chi connectivity index (χ1v) is 9.85. The highest BCUT2D eigenvalue weighted by molar-refractivity contribution is 6.04. The third-order valence-electron chi connectivity index (χ3n) is 5.22. The molecule has 2 aromatic rings. The van der Waals surface area contributed by atoms with E-state index in [1.165, 1.54) is 5.56 Å². The van der Waals surface area contributed by atoms with Crippen LogP contribution in [0.1, 0.15) is 29.2 Å². The molecule has 0 spiro atoms. The Morgan fingerprint density at radius 1 is 1.00 bits per heavy atom. The number of nitrogens with zero attached hydrogens (tertiary/aromatic N) is 3. The second kappa shape index (κ2) is 8.61. The van der Waals surface area contributed by atoms with Crippen LogP contribution in [0.4, 0.5) is 5.69 Å². The van der Waals surface area contributed by atoms with Gasteiger partial charge in [0.1, 0.15) is 5.84 Å². The molecular weight excluding hydrogens is 378 g/mol. The van der Waals surface area contributed by atoms with Crippen molar-refractivity contribution in [2.45, 2.75) is 27.7 Å². The molecule has 1 aliphatic heterocycles. The van der Waals surface area contributed by atoms with Gasteiger partial charge in [-0.1, -0.05) is 17.7 Å². The average Bonchev–Trinajstić information content (AvgIpc) is 2.70. The Labute approximate surface area is 178 Å². The van der Waals surface area contributed by atoms with Gasteiger partial charge in [-0.3, -0.25) is 9.69 Å². The predicted molar refractivity (Wildman–Crippen MR) is 120 cm³/mol. The first-order valence-electron chi connectivity index (χ1n) is 9.85. The zero-order valence-corrected chi connectivity index (χ0v) is 18.7. The molecule has 0 aliphatic carbocycles. The van der Waals surface area contributed by atoms with Crippen molar-refractivity contribution >= 4 is 23.1 Å². The molecule has 30 heavy (non-hydrogen) atoms. The van der Waals surface area contributed by atoms with Crippen LogP contribution in [-0.2, 0) is 4.79 Å². The number of likely N-dealkylation sites (N-methyl/N-ethyl adjacent to an activating group) is 1. The van der Waals surface area contributed by atoms with Crippen LogP contribution in [0, 0.1) is 20.8 Å². The van der Waals surface area contributed by atoms with Crippen molar-refractivity contribution < 1.29 is 14.3 Å². The van der Waals surface area contributed by atoms with Gasteiger partial charge in [-0.05, 0) is 50.1 Å². The summed E-state index contributed by atoms with van der Waals surface area (Å²) in [5.41, 5.74) is 6.08. The van der Waals surface area contributed by atoms with E-state index in [0.29, 0.717) is 18.2 Å². The number of methoxy groups -OCH3 is 2. The van der Waals surface area contributed by atoms with Gasteiger partial charge in [-0.15, -0.1) is 0 Å². The van der Waals surface area contributed by atoms with Crippen LogP contribution >= 0.6 is 0 Å². The van der Waals surface area contributed by atoms with E-state index in [4.69, 9.17) is 14.5 Å². The molecule has 3 rings (SSSR count). The summed E-state index contributed by atoms with van der Waals surface area (Å²) in [5.74, 6) is 2.02. The zero-order valence-electron chi connectivity index (χ0n) is 18.7. The Hall–Kier alpha value is -3.28. The van der Waals surface area contributed by atoms with Crippen molar-refractivity contribution in [3.8, 4) is 11.5 Å². The molecule has 0 saturated heterocycles. The topological polar surface area (TPSA) is 54.4 Å². The van der Waals surface area contributed by atoms with Crippen LogP contribution in [0.25, 0.3) is 5.70 Å². The quantitative estimate of drug-likeness (QED) is 0.751. The van der Waals surface area contributed by atoms with Crippen molar-refractivity contribution in [2.24, 2.45) is 4.99 Å². The van der Waals surface area contributed by atoms with Crippen molar-refractivity contribution in [1.82, 2.24) is 9.80 Å². The summed E-state index contributed by atoms with van der Waals surface area (Å²) in [5, 5.41) is 0. The molecule has 1 amide bonds. The summed E-state index contributed by atoms with van der Waals surface area (Å²) in [6.07, 6.45) is 1.95. The highest BCUT2D eigenvalue weighted by atomic mass is 16.5. The van der Waals surface area contributed by atoms with E-state index in [-0.39, 0.29) is 5.91 Å². The molecule has 0 bridgehead atoms. The molecule has 0 aromatic heterocycles. The van der Waals surface area contributed by atoms with Crippen LogP contribution < -0.4 is 9.47 Å². The fourth-order valence-electron chi connectivity index (χ4n) is 3.76. The first-order chi connectivity index (χ1) is 14.2. The number of hydrogen-bond donors (Lipinski definition) is 0. The summed E-state index contributed by atoms with van der Waals surface area (Å²) in [6.45, 7) is 8.21. The first kappa shape index (κ1) is 21.4. The summed E-state index contributed by atoms with van der Waals surface area (Å²) in [7, 11) is 5.14. The number of hydrogen-bond acceptors (Lipinski definition) is 4. The maximum absolute atomic E-state index is 12.4. The molecule has 0 saturated carbocycles. The number of benzene rings is 2. The summed E-state index contributed by atoms with van der Waals surface area (Å²) < 4.78 is 10.8. The van der Waals surface area contributed by atoms with Gasteiger partial charge in [0.15, 0.2) is 11.5 Å². The molecule has 0 radical (unpaired) electrons. The fourth-order valence-corrected chi connectivity index (χ4v) is 3.76. The van der Waals surface area contributed by atoms with Crippen LogP contribution in [0.5, 0.6) is 11.5 Å². The van der Waals surface area contributed by atoms with Crippen molar-refractivity contribution in [3.63, 3.8) is 0 Å². The van der Waals surface area contributed by atoms with Gasteiger partial charge in [0.2, 0.25) is 5.91 Å². The highest BCUT2D eigenvalue weighted by Crippen LogP contribution is 2.34. The molecule has 1 heterocycles. The minimum atomic E-state index is -0.0374. The van der Waals surface area contributed by atoms with Crippen LogP contribution in [-0.4, -0.2) is 49.5 Å². The second-order valence-electron chi connectivity index (χ2n) is 7.60. The molecule has 0 atom stereocenters. The minimum absolute atomic E-state index is 0.0374. The summed E-state index contributed by atoms with van der Waals surface area (Å²) >= 11 is 0. The molecule has 0 N–H and O–H groups in total. The summed E-state index contributed by atoms with van der Waals surface area (Å²) in [4.78, 5) is 21.0. The van der Waals surface area contributed by atoms with E-state index in [9.17, 15) is 4.79 Å². The fraction of sp³-hybridized carbons (Fsp3) is 0.333. The van der Waals surface area contributed by atoms with Crippen LogP contribution in [0.2, 0.25) is 0 Å². The van der Waals surface area contributed by atoms with Gasteiger partial charge in [0.05, 0.1) is 32.3 Å². The Balaban J connectivity index is 2.15. The third kappa shape index (κ3) is 4.17. The molecule has 6 heteroatoms. The van der Waals surface area contributed by atoms with Crippen LogP contribution in [0.15, 0.2) is 41.4 Å². The maximum Gasteiger partial charge on any atom is 0.225 e. The van der Waals surface area contributed by atoms with Gasteiger partial charge in [-0.2, -0.15) is 0 Å². The lowest BCUT2D eigenvalue weighted by molar-refractivity contribution is -0.126. The van der Waals surface area contributed by atoms with E-state index >= 15 is 0 Å². The maximum atomic E-state index is 12.4. The lowest BCUT2D eigenvalue weighted by atomic mass is 10.0. The van der Waals surface area contributed by atoms with Gasteiger partial charge in [0.25, 0.3) is 0 Å². The number of carbonyl (C=O) groups excluding carboxylic acids is 1. The standard InChI is InChI=1S/C24H29N3O3/c1-15-10-16(2)24(17(3)11-15)25-23-13-20(27(18(4)28)14-26(23)5)19-8-9-21(29-6)22(12-19)30-7/h8-13H,14H2,1-7H3. The van der Waals surface area contributed by atoms with E-state index < -0.39 is 0 Å². The second-order valence-corrected chi connectivity index (χ2v) is 7.60. The lowest BCUT2D eigenvalue weighted by Gasteiger charge is -2.35. The number of ether oxygens (including phenoxy) is 2. The van der Waals surface area contributed by atoms with E-state index in [0.717, 1.165) is 33.9 Å². The highest BCUT2D eigenvalue weighted by Gasteiger charge is 2.26. The van der Waals surface area contributed by atoms with Gasteiger partial charge >= 0.3 is 0 Å². The van der Waals surface area contributed by atoms with Crippen molar-refractivity contribution in [3.05, 3.63) is 58.7 Å². The molecule has 6 nitrogen and oxygen atoms in total. The molecule has 0 fully saturated rings. The predicted octanol–water partition coefficient (Wildman–Crippen LogP) is 4.45. The van der Waals surface area contributed by atoms with E-state index in [1.807, 2.05) is 36.2 Å². The number of carbonyl (C=O) groups is 1. The molecule has 0 unspecified atom stereocenters. The van der Waals surface area contributed by atoms with Gasteiger partial charge in [-0.25, -0.2) is 4.99 Å². The lowest BCUT2D eigenvalue weighted by Crippen LogP contribution is -2.44. The van der Waals surface area contributed by atoms with Crippen molar-refractivity contribution in [1.29, 1.82) is 0 Å². The molecule has 2 aromatic carbocycles. The Kier molecular flexibility index (Phi) is 6.15. The number of aryl methyl sites for hydroxylation is 3. The zero-order chi connectivity index (χ0) is 22.0. The molecule has 158 valence electrons. The van der Waals surface area contributed by atoms with E-state index in [1.54, 1.807) is 26.0 Å². The SMILES string of the molecule is COc1ccc(C2=CC(=Nc3c(C)cc(C)cc3C)N(C)CN2C(C)=O)cc1OC. The third-order valence-corrected chi connectivity index (χ3v) is 5.22. The normalized spacial score (nSPS) is 15.3. The Morgan fingerprint density at radius 2 is 1.63 bits per heavy atom. The molecule has 1 aliphatic rings. The number of amides is 1. The Bertz CT molecular complexity index is 1020. The Morgan fingerprint density at radius 3 is 2.20 bits per heavy atom. The van der Waals surface area contributed by atoms with Gasteiger partial charge < -0.3 is 14.4 Å². The number of amidine groups is 1. The number of aliphatic imine (C=N–C) groups is 1. The van der Waals surface area contributed by atoms with Crippen LogP contribution in [0.3, 0.4) is 0 Å². The molecular formula is C24H29N3O3. The van der Waals surface area contributed by atoms with Gasteiger partial charge in [0, 0.05) is 25.6 Å². The average molecular weight is 408 g/mol. The number of rotatable bonds is 4. The summed E-state index contributed by atoms with van der Waals surface area (Å²) in [6, 6.07) is 9.92. The van der Waals surface area contributed by atoms with Crippen molar-refractivity contribution in [2.75, 3.05) is 27.9 Å².